The average molecular weight is 304 g/mol. The molecule has 0 fully saturated rings. The molecule has 0 aliphatic carbocycles. The maximum atomic E-state index is 6.10. The van der Waals surface area contributed by atoms with Crippen LogP contribution in [-0.4, -0.2) is 17.1 Å². The summed E-state index contributed by atoms with van der Waals surface area (Å²) in [7, 11) is 1.59. The summed E-state index contributed by atoms with van der Waals surface area (Å²) in [4.78, 5) is 8.48. The van der Waals surface area contributed by atoms with Crippen molar-refractivity contribution < 1.29 is 4.74 Å². The van der Waals surface area contributed by atoms with E-state index in [4.69, 9.17) is 39.5 Å². The molecule has 0 saturated heterocycles. The first-order valence-corrected chi connectivity index (χ1v) is 6.21. The van der Waals surface area contributed by atoms with Crippen LogP contribution in [0.15, 0.2) is 24.3 Å². The molecule has 0 aliphatic heterocycles. The molecule has 0 amide bonds. The molecule has 1 aromatic heterocycles. The topological polar surface area (TPSA) is 35.0 Å². The van der Waals surface area contributed by atoms with Crippen molar-refractivity contribution in [2.75, 3.05) is 7.11 Å². The molecule has 0 saturated carbocycles. The minimum Gasteiger partial charge on any atom is -0.378 e. The van der Waals surface area contributed by atoms with Gasteiger partial charge in [-0.25, -0.2) is 9.97 Å². The number of nitrogens with zero attached hydrogens (tertiary/aromatic N) is 2. The monoisotopic (exact) mass is 302 g/mol. The molecule has 3 nitrogen and oxygen atoms in total. The summed E-state index contributed by atoms with van der Waals surface area (Å²) in [5.41, 5.74) is 1.33. The Morgan fingerprint density at radius 2 is 1.89 bits per heavy atom. The number of benzene rings is 1. The highest BCUT2D eigenvalue weighted by molar-refractivity contribution is 6.35. The van der Waals surface area contributed by atoms with E-state index in [1.54, 1.807) is 31.4 Å². The summed E-state index contributed by atoms with van der Waals surface area (Å²) in [6.07, 6.45) is 0. The van der Waals surface area contributed by atoms with Crippen molar-refractivity contribution >= 4 is 34.8 Å². The largest absolute Gasteiger partial charge is 0.378 e. The van der Waals surface area contributed by atoms with Gasteiger partial charge < -0.3 is 4.74 Å². The fourth-order valence-corrected chi connectivity index (χ4v) is 2.06. The number of aromatic nitrogens is 2. The summed E-state index contributed by atoms with van der Waals surface area (Å²) in [5, 5.41) is 1.42. The molecule has 0 unspecified atom stereocenters. The highest BCUT2D eigenvalue weighted by Crippen LogP contribution is 2.29. The molecule has 2 aromatic rings. The first-order valence-electron chi connectivity index (χ1n) is 5.08. The van der Waals surface area contributed by atoms with Gasteiger partial charge in [-0.05, 0) is 24.3 Å². The molecule has 0 aliphatic rings. The average Bonchev–Trinajstić information content (AvgIpc) is 2.32. The van der Waals surface area contributed by atoms with Crippen LogP contribution in [0.1, 0.15) is 5.69 Å². The van der Waals surface area contributed by atoms with Crippen LogP contribution in [0.3, 0.4) is 0 Å². The van der Waals surface area contributed by atoms with Gasteiger partial charge in [0.25, 0.3) is 0 Å². The summed E-state index contributed by atoms with van der Waals surface area (Å²) in [6, 6.07) is 6.74. The van der Waals surface area contributed by atoms with E-state index in [2.05, 4.69) is 9.97 Å². The third-order valence-corrected chi connectivity index (χ3v) is 2.97. The van der Waals surface area contributed by atoms with Crippen LogP contribution in [0, 0.1) is 0 Å². The lowest BCUT2D eigenvalue weighted by atomic mass is 10.2. The molecule has 18 heavy (non-hydrogen) atoms. The van der Waals surface area contributed by atoms with Gasteiger partial charge >= 0.3 is 0 Å². The molecule has 1 aromatic carbocycles. The number of hydrogen-bond acceptors (Lipinski definition) is 3. The van der Waals surface area contributed by atoms with Crippen LogP contribution >= 0.6 is 34.8 Å². The predicted octanol–water partition coefficient (Wildman–Crippen LogP) is 4.25. The van der Waals surface area contributed by atoms with Crippen molar-refractivity contribution in [2.45, 2.75) is 6.61 Å². The first-order chi connectivity index (χ1) is 8.60. The predicted molar refractivity (Wildman–Crippen MR) is 73.2 cm³/mol. The quantitative estimate of drug-likeness (QED) is 0.795. The summed E-state index contributed by atoms with van der Waals surface area (Å²) in [6.45, 7) is 0.355. The van der Waals surface area contributed by atoms with Crippen molar-refractivity contribution in [2.24, 2.45) is 0 Å². The molecular weight excluding hydrogens is 295 g/mol. The van der Waals surface area contributed by atoms with Crippen molar-refractivity contribution in [1.82, 2.24) is 9.97 Å². The Morgan fingerprint density at radius 3 is 2.61 bits per heavy atom. The molecule has 0 N–H and O–H groups in total. The van der Waals surface area contributed by atoms with Gasteiger partial charge in [-0.1, -0.05) is 34.8 Å². The molecule has 2 rings (SSSR count). The Morgan fingerprint density at radius 1 is 1.11 bits per heavy atom. The fraction of sp³-hybridized carbons (Fsp3) is 0.167. The van der Waals surface area contributed by atoms with Gasteiger partial charge in [-0.2, -0.15) is 0 Å². The van der Waals surface area contributed by atoms with Crippen molar-refractivity contribution in [3.8, 4) is 11.4 Å². The first kappa shape index (κ1) is 13.6. The lowest BCUT2D eigenvalue weighted by molar-refractivity contribution is 0.181. The van der Waals surface area contributed by atoms with Crippen LogP contribution in [0.2, 0.25) is 15.2 Å². The van der Waals surface area contributed by atoms with E-state index in [-0.39, 0.29) is 0 Å². The molecule has 0 radical (unpaired) electrons. The van der Waals surface area contributed by atoms with Crippen LogP contribution < -0.4 is 0 Å². The maximum absolute atomic E-state index is 6.10. The van der Waals surface area contributed by atoms with Gasteiger partial charge in [0, 0.05) is 17.7 Å². The lowest BCUT2D eigenvalue weighted by Gasteiger charge is -2.06. The second kappa shape index (κ2) is 5.85. The van der Waals surface area contributed by atoms with E-state index >= 15 is 0 Å². The zero-order chi connectivity index (χ0) is 13.1. The highest BCUT2D eigenvalue weighted by Gasteiger charge is 2.10. The zero-order valence-corrected chi connectivity index (χ0v) is 11.7. The molecule has 94 valence electrons. The summed E-state index contributed by atoms with van der Waals surface area (Å²) in [5.74, 6) is 0.432. The molecule has 1 heterocycles. The third-order valence-electron chi connectivity index (χ3n) is 2.21. The van der Waals surface area contributed by atoms with Gasteiger partial charge in [0.2, 0.25) is 0 Å². The number of halogens is 3. The van der Waals surface area contributed by atoms with E-state index < -0.39 is 0 Å². The smallest absolute Gasteiger partial charge is 0.162 e. The Kier molecular flexibility index (Phi) is 4.40. The summed E-state index contributed by atoms with van der Waals surface area (Å²) >= 11 is 18.0. The Bertz CT molecular complexity index is 575. The highest BCUT2D eigenvalue weighted by atomic mass is 35.5. The van der Waals surface area contributed by atoms with Gasteiger partial charge in [0.05, 0.1) is 17.3 Å². The summed E-state index contributed by atoms with van der Waals surface area (Å²) < 4.78 is 5.02. The van der Waals surface area contributed by atoms with Crippen LogP contribution in [0.25, 0.3) is 11.4 Å². The maximum Gasteiger partial charge on any atom is 0.162 e. The fourth-order valence-electron chi connectivity index (χ4n) is 1.48. The van der Waals surface area contributed by atoms with E-state index in [0.717, 1.165) is 0 Å². The zero-order valence-electron chi connectivity index (χ0n) is 9.45. The van der Waals surface area contributed by atoms with Crippen LogP contribution in [0.5, 0.6) is 0 Å². The third kappa shape index (κ3) is 3.12. The SMILES string of the molecule is COCc1cc(Cl)nc(-c2cc(Cl)ccc2Cl)n1. The van der Waals surface area contributed by atoms with Gasteiger partial charge in [-0.3, -0.25) is 0 Å². The Hall–Kier alpha value is -0.870. The van der Waals surface area contributed by atoms with E-state index in [9.17, 15) is 0 Å². The van der Waals surface area contributed by atoms with E-state index in [0.29, 0.717) is 38.9 Å². The lowest BCUT2D eigenvalue weighted by Crippen LogP contribution is -1.98. The van der Waals surface area contributed by atoms with Crippen LogP contribution in [0.4, 0.5) is 0 Å². The normalized spacial score (nSPS) is 10.7. The molecule has 6 heteroatoms. The van der Waals surface area contributed by atoms with E-state index in [1.165, 1.54) is 0 Å². The Labute approximate surface area is 120 Å². The second-order valence-corrected chi connectivity index (χ2v) is 4.79. The van der Waals surface area contributed by atoms with Gasteiger partial charge in [0.15, 0.2) is 5.82 Å². The van der Waals surface area contributed by atoms with Gasteiger partial charge in [-0.15, -0.1) is 0 Å². The van der Waals surface area contributed by atoms with Crippen LogP contribution in [-0.2, 0) is 11.3 Å². The molecule has 0 bridgehead atoms. The molecule has 0 atom stereocenters. The molecular formula is C12H9Cl3N2O. The van der Waals surface area contributed by atoms with Crippen molar-refractivity contribution in [3.05, 3.63) is 45.2 Å². The van der Waals surface area contributed by atoms with Gasteiger partial charge in [0.1, 0.15) is 5.15 Å². The minimum absolute atomic E-state index is 0.336. The number of rotatable bonds is 3. The minimum atomic E-state index is 0.336. The second-order valence-electron chi connectivity index (χ2n) is 3.56. The van der Waals surface area contributed by atoms with Crippen molar-refractivity contribution in [1.29, 1.82) is 0 Å². The Balaban J connectivity index is 2.52. The number of methoxy groups -OCH3 is 1. The van der Waals surface area contributed by atoms with E-state index in [1.807, 2.05) is 0 Å². The van der Waals surface area contributed by atoms with Crippen molar-refractivity contribution in [3.63, 3.8) is 0 Å². The standard InChI is InChI=1S/C12H9Cl3N2O/c1-18-6-8-5-11(15)17-12(16-8)9-4-7(13)2-3-10(9)14/h2-5H,6H2,1H3. The number of ether oxygens (including phenoxy) is 1. The molecule has 0 spiro atoms. The number of hydrogen-bond donors (Lipinski definition) is 0.